The van der Waals surface area contributed by atoms with Gasteiger partial charge in [0.05, 0.1) is 0 Å². The molecule has 120 valence electrons. The molecule has 1 aromatic carbocycles. The van der Waals surface area contributed by atoms with Crippen molar-refractivity contribution in [3.8, 4) is 0 Å². The molecule has 1 saturated carbocycles. The van der Waals surface area contributed by atoms with E-state index in [0.717, 1.165) is 32.4 Å². The van der Waals surface area contributed by atoms with Gasteiger partial charge in [-0.1, -0.05) is 0 Å². The van der Waals surface area contributed by atoms with Gasteiger partial charge in [0.2, 0.25) is 0 Å². The lowest BCUT2D eigenvalue weighted by molar-refractivity contribution is 0.0547. The summed E-state index contributed by atoms with van der Waals surface area (Å²) in [6, 6.07) is 6.80. The average molecular weight is 304 g/mol. The molecular formula is C18H25FN2O. The Bertz CT molecular complexity index is 522. The predicted octanol–water partition coefficient (Wildman–Crippen LogP) is 2.85. The van der Waals surface area contributed by atoms with E-state index >= 15 is 0 Å². The molecule has 0 spiro atoms. The minimum Gasteiger partial charge on any atom is -0.327 e. The fraction of sp³-hybridized carbons (Fsp3) is 0.611. The maximum atomic E-state index is 13.0. The molecule has 3 rings (SSSR count). The smallest absolute Gasteiger partial charge is 0.166 e. The first-order chi connectivity index (χ1) is 10.6. The van der Waals surface area contributed by atoms with Gasteiger partial charge in [-0.05, 0) is 75.9 Å². The van der Waals surface area contributed by atoms with Gasteiger partial charge >= 0.3 is 0 Å². The number of halogens is 1. The molecule has 22 heavy (non-hydrogen) atoms. The number of nitrogens with zero attached hydrogens (tertiary/aromatic N) is 1. The fourth-order valence-electron chi connectivity index (χ4n) is 3.84. The molecule has 3 atom stereocenters. The van der Waals surface area contributed by atoms with Crippen LogP contribution in [0.3, 0.4) is 0 Å². The number of Topliss-reactive ketones (excluding diaryl/α,β-unsaturated/α-hetero) is 1. The predicted molar refractivity (Wildman–Crippen MR) is 85.2 cm³/mol. The van der Waals surface area contributed by atoms with Crippen LogP contribution in [0.15, 0.2) is 24.3 Å². The third-order valence-electron chi connectivity index (χ3n) is 5.61. The molecule has 2 N–H and O–H groups in total. The minimum atomic E-state index is -0.294. The number of benzene rings is 1. The van der Waals surface area contributed by atoms with Crippen molar-refractivity contribution in [2.45, 2.75) is 44.7 Å². The van der Waals surface area contributed by atoms with Gasteiger partial charge in [-0.2, -0.15) is 0 Å². The molecule has 1 aliphatic carbocycles. The van der Waals surface area contributed by atoms with Gasteiger partial charge in [0.1, 0.15) is 5.82 Å². The van der Waals surface area contributed by atoms with Crippen LogP contribution >= 0.6 is 0 Å². The molecule has 0 bridgehead atoms. The third kappa shape index (κ3) is 3.08. The van der Waals surface area contributed by atoms with Crippen LogP contribution in [0.25, 0.3) is 0 Å². The summed E-state index contributed by atoms with van der Waals surface area (Å²) in [6.07, 6.45) is 4.16. The van der Waals surface area contributed by atoms with Crippen LogP contribution in [0.5, 0.6) is 0 Å². The van der Waals surface area contributed by atoms with Gasteiger partial charge in [-0.15, -0.1) is 0 Å². The number of hydrogen-bond acceptors (Lipinski definition) is 3. The van der Waals surface area contributed by atoms with E-state index in [9.17, 15) is 9.18 Å². The molecule has 1 aliphatic heterocycles. The van der Waals surface area contributed by atoms with E-state index < -0.39 is 0 Å². The normalized spacial score (nSPS) is 28.1. The zero-order chi connectivity index (χ0) is 15.7. The summed E-state index contributed by atoms with van der Waals surface area (Å²) in [5.41, 5.74) is 6.72. The molecule has 2 fully saturated rings. The molecule has 0 aromatic heterocycles. The number of ketones is 1. The van der Waals surface area contributed by atoms with Crippen molar-refractivity contribution in [1.29, 1.82) is 0 Å². The largest absolute Gasteiger partial charge is 0.327 e. The maximum Gasteiger partial charge on any atom is 0.166 e. The van der Waals surface area contributed by atoms with Gasteiger partial charge in [-0.25, -0.2) is 4.39 Å². The van der Waals surface area contributed by atoms with Crippen molar-refractivity contribution in [3.63, 3.8) is 0 Å². The highest BCUT2D eigenvalue weighted by Crippen LogP contribution is 2.33. The van der Waals surface area contributed by atoms with E-state index in [2.05, 4.69) is 11.8 Å². The molecule has 3 unspecified atom stereocenters. The van der Waals surface area contributed by atoms with Crippen LogP contribution in [-0.4, -0.2) is 35.9 Å². The Morgan fingerprint density at radius 1 is 1.18 bits per heavy atom. The SMILES string of the molecule is CC(C1CCC1N)N1CCC(C(=O)c2ccc(F)cc2)CC1. The molecular weight excluding hydrogens is 279 g/mol. The molecule has 1 aromatic rings. The van der Waals surface area contributed by atoms with Crippen LogP contribution < -0.4 is 5.73 Å². The minimum absolute atomic E-state index is 0.0731. The highest BCUT2D eigenvalue weighted by molar-refractivity contribution is 5.97. The molecule has 0 amide bonds. The number of rotatable bonds is 4. The highest BCUT2D eigenvalue weighted by atomic mass is 19.1. The molecule has 4 heteroatoms. The van der Waals surface area contributed by atoms with Crippen LogP contribution in [0, 0.1) is 17.7 Å². The Morgan fingerprint density at radius 2 is 1.82 bits per heavy atom. The second-order valence-corrected chi connectivity index (χ2v) is 6.83. The first kappa shape index (κ1) is 15.6. The van der Waals surface area contributed by atoms with Crippen molar-refractivity contribution in [1.82, 2.24) is 4.90 Å². The first-order valence-electron chi connectivity index (χ1n) is 8.35. The zero-order valence-electron chi connectivity index (χ0n) is 13.2. The fourth-order valence-corrected chi connectivity index (χ4v) is 3.84. The van der Waals surface area contributed by atoms with Crippen LogP contribution in [-0.2, 0) is 0 Å². The Hall–Kier alpha value is -1.26. The van der Waals surface area contributed by atoms with Gasteiger partial charge < -0.3 is 10.6 Å². The van der Waals surface area contributed by atoms with Crippen molar-refractivity contribution in [2.75, 3.05) is 13.1 Å². The summed E-state index contributed by atoms with van der Waals surface area (Å²) in [6.45, 7) is 4.19. The standard InChI is InChI=1S/C18H25FN2O/c1-12(16-6-7-17(16)20)21-10-8-14(9-11-21)18(22)13-2-4-15(19)5-3-13/h2-5,12,14,16-17H,6-11,20H2,1H3. The zero-order valence-corrected chi connectivity index (χ0v) is 13.2. The monoisotopic (exact) mass is 304 g/mol. The number of piperidine rings is 1. The van der Waals surface area contributed by atoms with Gasteiger partial charge in [0.25, 0.3) is 0 Å². The summed E-state index contributed by atoms with van der Waals surface area (Å²) in [5.74, 6) is 0.554. The molecule has 3 nitrogen and oxygen atoms in total. The van der Waals surface area contributed by atoms with Gasteiger partial charge in [-0.3, -0.25) is 4.79 Å². The van der Waals surface area contributed by atoms with E-state index in [1.807, 2.05) is 0 Å². The number of likely N-dealkylation sites (tertiary alicyclic amines) is 1. The topological polar surface area (TPSA) is 46.3 Å². The number of carbonyl (C=O) groups is 1. The van der Waals surface area contributed by atoms with E-state index in [1.165, 1.54) is 18.6 Å². The summed E-state index contributed by atoms with van der Waals surface area (Å²) < 4.78 is 13.0. The van der Waals surface area contributed by atoms with Crippen molar-refractivity contribution in [3.05, 3.63) is 35.6 Å². The summed E-state index contributed by atoms with van der Waals surface area (Å²) in [5, 5.41) is 0. The third-order valence-corrected chi connectivity index (χ3v) is 5.61. The Kier molecular flexibility index (Phi) is 4.59. The molecule has 2 aliphatic rings. The number of carbonyl (C=O) groups excluding carboxylic acids is 1. The number of hydrogen-bond donors (Lipinski definition) is 1. The molecule has 1 heterocycles. The van der Waals surface area contributed by atoms with Gasteiger partial charge in [0.15, 0.2) is 5.78 Å². The van der Waals surface area contributed by atoms with Crippen LogP contribution in [0.2, 0.25) is 0 Å². The Balaban J connectivity index is 1.55. The van der Waals surface area contributed by atoms with Crippen LogP contribution in [0.1, 0.15) is 43.0 Å². The lowest BCUT2D eigenvalue weighted by Gasteiger charge is -2.45. The van der Waals surface area contributed by atoms with E-state index in [4.69, 9.17) is 5.73 Å². The van der Waals surface area contributed by atoms with E-state index in [-0.39, 0.29) is 17.5 Å². The lowest BCUT2D eigenvalue weighted by atomic mass is 9.74. The quantitative estimate of drug-likeness (QED) is 0.870. The second kappa shape index (κ2) is 6.47. The average Bonchev–Trinajstić information content (AvgIpc) is 2.53. The maximum absolute atomic E-state index is 13.0. The highest BCUT2D eigenvalue weighted by Gasteiger charge is 2.37. The van der Waals surface area contributed by atoms with E-state index in [1.54, 1.807) is 12.1 Å². The van der Waals surface area contributed by atoms with Crippen LogP contribution in [0.4, 0.5) is 4.39 Å². The van der Waals surface area contributed by atoms with Gasteiger partial charge in [0, 0.05) is 23.6 Å². The summed E-state index contributed by atoms with van der Waals surface area (Å²) in [4.78, 5) is 15.0. The van der Waals surface area contributed by atoms with Crippen molar-refractivity contribution in [2.24, 2.45) is 17.6 Å². The summed E-state index contributed by atoms with van der Waals surface area (Å²) >= 11 is 0. The van der Waals surface area contributed by atoms with Crippen molar-refractivity contribution < 1.29 is 9.18 Å². The lowest BCUT2D eigenvalue weighted by Crippen LogP contribution is -2.53. The second-order valence-electron chi connectivity index (χ2n) is 6.83. The van der Waals surface area contributed by atoms with Crippen molar-refractivity contribution >= 4 is 5.78 Å². The Labute approximate surface area is 131 Å². The summed E-state index contributed by atoms with van der Waals surface area (Å²) in [7, 11) is 0. The first-order valence-corrected chi connectivity index (χ1v) is 8.35. The molecule has 1 saturated heterocycles. The van der Waals surface area contributed by atoms with E-state index in [0.29, 0.717) is 23.6 Å². The number of nitrogens with two attached hydrogens (primary N) is 1. The molecule has 0 radical (unpaired) electrons. The Morgan fingerprint density at radius 3 is 2.32 bits per heavy atom.